The van der Waals surface area contributed by atoms with E-state index in [0.29, 0.717) is 11.4 Å². The number of alkyl halides is 1. The molecule has 0 amide bonds. The molecule has 0 aliphatic heterocycles. The van der Waals surface area contributed by atoms with Crippen LogP contribution in [0.4, 0.5) is 4.39 Å². The van der Waals surface area contributed by atoms with Crippen LogP contribution in [0.25, 0.3) is 0 Å². The van der Waals surface area contributed by atoms with Gasteiger partial charge >= 0.3 is 0 Å². The van der Waals surface area contributed by atoms with E-state index in [1.165, 1.54) is 12.3 Å². The van der Waals surface area contributed by atoms with E-state index in [0.717, 1.165) is 16.9 Å². The second kappa shape index (κ2) is 5.83. The zero-order valence-electron chi connectivity index (χ0n) is 9.99. The summed E-state index contributed by atoms with van der Waals surface area (Å²) in [4.78, 5) is 3.78. The first-order valence-electron chi connectivity index (χ1n) is 5.57. The minimum absolute atomic E-state index is 0.277. The van der Waals surface area contributed by atoms with Crippen LogP contribution in [0.1, 0.15) is 16.7 Å². The molecule has 2 nitrogen and oxygen atoms in total. The predicted molar refractivity (Wildman–Crippen MR) is 69.3 cm³/mol. The van der Waals surface area contributed by atoms with Crippen LogP contribution in [0, 0.1) is 12.7 Å². The summed E-state index contributed by atoms with van der Waals surface area (Å²) in [5.74, 6) is 0.786. The van der Waals surface area contributed by atoms with E-state index >= 15 is 0 Å². The number of para-hydroxylation sites is 1. The molecule has 2 rings (SSSR count). The lowest BCUT2D eigenvalue weighted by molar-refractivity contribution is 0.300. The molecule has 18 heavy (non-hydrogen) atoms. The Bertz CT molecular complexity index is 545. The van der Waals surface area contributed by atoms with Crippen LogP contribution in [-0.4, -0.2) is 4.98 Å². The highest BCUT2D eigenvalue weighted by atomic mass is 35.5. The Morgan fingerprint density at radius 3 is 2.89 bits per heavy atom. The molecule has 0 saturated carbocycles. The van der Waals surface area contributed by atoms with Gasteiger partial charge in [-0.1, -0.05) is 18.2 Å². The lowest BCUT2D eigenvalue weighted by Gasteiger charge is -2.12. The largest absolute Gasteiger partial charge is 0.488 e. The number of halogens is 2. The van der Waals surface area contributed by atoms with Gasteiger partial charge in [0.15, 0.2) is 0 Å². The van der Waals surface area contributed by atoms with Crippen molar-refractivity contribution in [3.05, 3.63) is 59.2 Å². The van der Waals surface area contributed by atoms with Crippen molar-refractivity contribution < 1.29 is 9.13 Å². The maximum absolute atomic E-state index is 13.0. The molecule has 0 fully saturated rings. The molecule has 0 aliphatic rings. The van der Waals surface area contributed by atoms with Crippen LogP contribution >= 0.6 is 11.6 Å². The summed E-state index contributed by atoms with van der Waals surface area (Å²) in [6.45, 7) is 2.23. The molecule has 0 saturated heterocycles. The van der Waals surface area contributed by atoms with Crippen LogP contribution in [-0.2, 0) is 12.5 Å². The predicted octanol–water partition coefficient (Wildman–Crippen LogP) is 3.85. The molecule has 1 aromatic carbocycles. The van der Waals surface area contributed by atoms with Crippen molar-refractivity contribution >= 4 is 11.6 Å². The third-order valence-corrected chi connectivity index (χ3v) is 2.87. The summed E-state index contributed by atoms with van der Waals surface area (Å²) >= 11 is 5.86. The molecular weight excluding hydrogens is 253 g/mol. The average Bonchev–Trinajstić information content (AvgIpc) is 2.37. The molecule has 0 atom stereocenters. The number of benzene rings is 1. The molecule has 1 aromatic heterocycles. The first kappa shape index (κ1) is 12.8. The number of ether oxygens (including phenoxy) is 1. The summed E-state index contributed by atoms with van der Waals surface area (Å²) in [5.41, 5.74) is 2.64. The minimum Gasteiger partial charge on any atom is -0.488 e. The van der Waals surface area contributed by atoms with Gasteiger partial charge in [-0.05, 0) is 18.6 Å². The highest BCUT2D eigenvalue weighted by Crippen LogP contribution is 2.25. The van der Waals surface area contributed by atoms with Gasteiger partial charge in [0.25, 0.3) is 0 Å². The summed E-state index contributed by atoms with van der Waals surface area (Å²) in [6.07, 6.45) is 2.75. The minimum atomic E-state index is -0.363. The number of pyridine rings is 1. The van der Waals surface area contributed by atoms with Crippen LogP contribution in [0.2, 0.25) is 0 Å². The molecule has 2 aromatic rings. The lowest BCUT2D eigenvalue weighted by atomic mass is 10.1. The van der Waals surface area contributed by atoms with Crippen molar-refractivity contribution in [1.29, 1.82) is 0 Å². The second-order valence-electron chi connectivity index (χ2n) is 4.00. The smallest absolute Gasteiger partial charge is 0.141 e. The van der Waals surface area contributed by atoms with E-state index in [9.17, 15) is 4.39 Å². The Balaban J connectivity index is 2.15. The molecular formula is C14H13ClFNO. The van der Waals surface area contributed by atoms with Crippen LogP contribution in [0.15, 0.2) is 36.7 Å². The van der Waals surface area contributed by atoms with E-state index in [-0.39, 0.29) is 12.4 Å². The maximum Gasteiger partial charge on any atom is 0.141 e. The summed E-state index contributed by atoms with van der Waals surface area (Å²) in [5, 5.41) is 0. The van der Waals surface area contributed by atoms with Crippen LogP contribution < -0.4 is 4.74 Å². The number of nitrogens with zero attached hydrogens (tertiary/aromatic N) is 1. The van der Waals surface area contributed by atoms with Gasteiger partial charge in [0.05, 0.1) is 12.1 Å². The molecule has 94 valence electrons. The molecule has 0 unspecified atom stereocenters. The Morgan fingerprint density at radius 1 is 1.33 bits per heavy atom. The van der Waals surface area contributed by atoms with E-state index in [1.54, 1.807) is 6.20 Å². The van der Waals surface area contributed by atoms with Crippen LogP contribution in [0.3, 0.4) is 0 Å². The molecule has 1 heterocycles. The van der Waals surface area contributed by atoms with Crippen molar-refractivity contribution in [3.63, 3.8) is 0 Å². The van der Waals surface area contributed by atoms with Crippen molar-refractivity contribution in [2.75, 3.05) is 0 Å². The maximum atomic E-state index is 13.0. The van der Waals surface area contributed by atoms with Gasteiger partial charge in [0, 0.05) is 17.3 Å². The fourth-order valence-electron chi connectivity index (χ4n) is 1.72. The SMILES string of the molecule is Cc1cccc(CCl)c1OCc1cncc(F)c1. The van der Waals surface area contributed by atoms with Crippen molar-refractivity contribution in [3.8, 4) is 5.75 Å². The first-order valence-corrected chi connectivity index (χ1v) is 6.11. The fourth-order valence-corrected chi connectivity index (χ4v) is 1.93. The molecule has 0 aliphatic carbocycles. The second-order valence-corrected chi connectivity index (χ2v) is 4.26. The van der Waals surface area contributed by atoms with Crippen molar-refractivity contribution in [2.45, 2.75) is 19.4 Å². The number of hydrogen-bond acceptors (Lipinski definition) is 2. The average molecular weight is 266 g/mol. The monoisotopic (exact) mass is 265 g/mol. The van der Waals surface area contributed by atoms with Crippen molar-refractivity contribution in [1.82, 2.24) is 4.98 Å². The molecule has 4 heteroatoms. The van der Waals surface area contributed by atoms with E-state index < -0.39 is 0 Å². The molecule has 0 spiro atoms. The Labute approximate surface area is 110 Å². The highest BCUT2D eigenvalue weighted by molar-refractivity contribution is 6.17. The summed E-state index contributed by atoms with van der Waals surface area (Å²) in [6, 6.07) is 7.21. The normalized spacial score (nSPS) is 10.4. The van der Waals surface area contributed by atoms with Crippen LogP contribution in [0.5, 0.6) is 5.75 Å². The van der Waals surface area contributed by atoms with Gasteiger partial charge < -0.3 is 4.74 Å². The zero-order valence-corrected chi connectivity index (χ0v) is 10.7. The first-order chi connectivity index (χ1) is 8.70. The number of rotatable bonds is 4. The van der Waals surface area contributed by atoms with E-state index in [4.69, 9.17) is 16.3 Å². The summed E-state index contributed by atoms with van der Waals surface area (Å²) in [7, 11) is 0. The topological polar surface area (TPSA) is 22.1 Å². The van der Waals surface area contributed by atoms with E-state index in [2.05, 4.69) is 4.98 Å². The molecule has 0 bridgehead atoms. The Hall–Kier alpha value is -1.61. The van der Waals surface area contributed by atoms with Gasteiger partial charge in [0.2, 0.25) is 0 Å². The number of hydrogen-bond donors (Lipinski definition) is 0. The quantitative estimate of drug-likeness (QED) is 0.784. The van der Waals surface area contributed by atoms with Gasteiger partial charge in [-0.2, -0.15) is 0 Å². The van der Waals surface area contributed by atoms with E-state index in [1.807, 2.05) is 25.1 Å². The number of aromatic nitrogens is 1. The molecule has 0 N–H and O–H groups in total. The fraction of sp³-hybridized carbons (Fsp3) is 0.214. The summed E-state index contributed by atoms with van der Waals surface area (Å²) < 4.78 is 18.7. The van der Waals surface area contributed by atoms with Crippen molar-refractivity contribution in [2.24, 2.45) is 0 Å². The molecule has 0 radical (unpaired) electrons. The highest BCUT2D eigenvalue weighted by Gasteiger charge is 2.06. The third-order valence-electron chi connectivity index (χ3n) is 2.58. The van der Waals surface area contributed by atoms with Gasteiger partial charge in [-0.25, -0.2) is 4.39 Å². The number of aryl methyl sites for hydroxylation is 1. The van der Waals surface area contributed by atoms with Gasteiger partial charge in [-0.3, -0.25) is 4.98 Å². The third kappa shape index (κ3) is 2.99. The zero-order chi connectivity index (χ0) is 13.0. The Morgan fingerprint density at radius 2 is 2.17 bits per heavy atom. The standard InChI is InChI=1S/C14H13ClFNO/c1-10-3-2-4-12(6-15)14(10)18-9-11-5-13(16)8-17-7-11/h2-5,7-8H,6,9H2,1H3. The lowest BCUT2D eigenvalue weighted by Crippen LogP contribution is -2.00. The Kier molecular flexibility index (Phi) is 4.15. The van der Waals surface area contributed by atoms with Gasteiger partial charge in [0.1, 0.15) is 18.2 Å². The van der Waals surface area contributed by atoms with Gasteiger partial charge in [-0.15, -0.1) is 11.6 Å².